The second-order valence-corrected chi connectivity index (χ2v) is 4.09. The first-order valence-electron chi connectivity index (χ1n) is 6.09. The Labute approximate surface area is 102 Å². The van der Waals surface area contributed by atoms with E-state index in [1.807, 2.05) is 18.2 Å². The molecular weight excluding hydrogens is 214 g/mol. The zero-order chi connectivity index (χ0) is 12.5. The van der Waals surface area contributed by atoms with Crippen LogP contribution in [0.2, 0.25) is 0 Å². The molecule has 1 rings (SSSR count). The third-order valence-corrected chi connectivity index (χ3v) is 2.47. The summed E-state index contributed by atoms with van der Waals surface area (Å²) in [5.74, 6) is -0.204. The van der Waals surface area contributed by atoms with Crippen molar-refractivity contribution in [2.75, 3.05) is 5.32 Å². The highest BCUT2D eigenvalue weighted by molar-refractivity contribution is 6.04. The Morgan fingerprint density at radius 1 is 1.12 bits per heavy atom. The van der Waals surface area contributed by atoms with Gasteiger partial charge in [-0.05, 0) is 18.6 Å². The Morgan fingerprint density at radius 3 is 2.47 bits per heavy atom. The van der Waals surface area contributed by atoms with Crippen LogP contribution in [-0.2, 0) is 9.59 Å². The van der Waals surface area contributed by atoms with E-state index in [9.17, 15) is 9.59 Å². The molecule has 0 aliphatic rings. The Kier molecular flexibility index (Phi) is 6.00. The van der Waals surface area contributed by atoms with Crippen molar-refractivity contribution in [2.24, 2.45) is 0 Å². The van der Waals surface area contributed by atoms with Gasteiger partial charge in [-0.2, -0.15) is 0 Å². The molecule has 1 aromatic carbocycles. The lowest BCUT2D eigenvalue weighted by molar-refractivity contribution is -0.125. The first kappa shape index (κ1) is 13.4. The van der Waals surface area contributed by atoms with Crippen LogP contribution in [-0.4, -0.2) is 11.7 Å². The quantitative estimate of drug-likeness (QED) is 0.581. The van der Waals surface area contributed by atoms with Gasteiger partial charge in [-0.3, -0.25) is 9.59 Å². The molecule has 3 nitrogen and oxygen atoms in total. The Morgan fingerprint density at radius 2 is 1.82 bits per heavy atom. The summed E-state index contributed by atoms with van der Waals surface area (Å²) in [5.41, 5.74) is 0.735. The van der Waals surface area contributed by atoms with Crippen LogP contribution >= 0.6 is 0 Å². The van der Waals surface area contributed by atoms with Crippen molar-refractivity contribution in [1.29, 1.82) is 0 Å². The number of carbonyl (C=O) groups excluding carboxylic acids is 2. The van der Waals surface area contributed by atoms with Crippen molar-refractivity contribution in [3.63, 3.8) is 0 Å². The molecule has 0 saturated heterocycles. The van der Waals surface area contributed by atoms with Crippen molar-refractivity contribution < 1.29 is 9.59 Å². The van der Waals surface area contributed by atoms with E-state index in [0.717, 1.165) is 24.9 Å². The Hall–Kier alpha value is -1.64. The van der Waals surface area contributed by atoms with E-state index < -0.39 is 0 Å². The topological polar surface area (TPSA) is 46.2 Å². The number of nitrogens with one attached hydrogen (secondary N) is 1. The fourth-order valence-electron chi connectivity index (χ4n) is 1.57. The molecule has 0 saturated carbocycles. The average Bonchev–Trinajstić information content (AvgIpc) is 2.30. The number of carbonyl (C=O) groups is 2. The molecule has 3 heteroatoms. The highest BCUT2D eigenvalue weighted by Gasteiger charge is 2.08. The summed E-state index contributed by atoms with van der Waals surface area (Å²) in [6, 6.07) is 9.18. The number of ketones is 1. The molecule has 0 unspecified atom stereocenters. The van der Waals surface area contributed by atoms with Gasteiger partial charge in [0.05, 0.1) is 6.42 Å². The molecule has 1 amide bonds. The van der Waals surface area contributed by atoms with Crippen LogP contribution in [0.1, 0.15) is 39.0 Å². The van der Waals surface area contributed by atoms with Crippen LogP contribution in [0.25, 0.3) is 0 Å². The van der Waals surface area contributed by atoms with Gasteiger partial charge in [-0.1, -0.05) is 38.0 Å². The number of unbranched alkanes of at least 4 members (excludes halogenated alkanes) is 2. The minimum Gasteiger partial charge on any atom is -0.326 e. The summed E-state index contributed by atoms with van der Waals surface area (Å²) in [5, 5.41) is 2.70. The number of para-hydroxylation sites is 1. The standard InChI is InChI=1S/C14H19NO2/c1-2-3-5-10-13(16)11-14(17)15-12-8-6-4-7-9-12/h4,6-9H,2-3,5,10-11H2,1H3,(H,15,17). The van der Waals surface area contributed by atoms with E-state index >= 15 is 0 Å². The number of hydrogen-bond donors (Lipinski definition) is 1. The van der Waals surface area contributed by atoms with E-state index in [0.29, 0.717) is 6.42 Å². The highest BCUT2D eigenvalue weighted by atomic mass is 16.2. The fraction of sp³-hybridized carbons (Fsp3) is 0.429. The van der Waals surface area contributed by atoms with Crippen molar-refractivity contribution in [3.8, 4) is 0 Å². The van der Waals surface area contributed by atoms with Gasteiger partial charge in [0.1, 0.15) is 5.78 Å². The Bertz CT molecular complexity index is 360. The van der Waals surface area contributed by atoms with Crippen LogP contribution in [0.15, 0.2) is 30.3 Å². The van der Waals surface area contributed by atoms with Gasteiger partial charge in [-0.15, -0.1) is 0 Å². The van der Waals surface area contributed by atoms with Gasteiger partial charge >= 0.3 is 0 Å². The number of anilines is 1. The highest BCUT2D eigenvalue weighted by Crippen LogP contribution is 2.07. The number of hydrogen-bond acceptors (Lipinski definition) is 2. The van der Waals surface area contributed by atoms with Crippen LogP contribution in [0.5, 0.6) is 0 Å². The van der Waals surface area contributed by atoms with Crippen LogP contribution in [0, 0.1) is 0 Å². The molecule has 92 valence electrons. The molecule has 0 atom stereocenters. The maximum absolute atomic E-state index is 11.5. The van der Waals surface area contributed by atoms with Crippen molar-refractivity contribution in [1.82, 2.24) is 0 Å². The Balaban J connectivity index is 2.27. The summed E-state index contributed by atoms with van der Waals surface area (Å²) in [4.78, 5) is 23.0. The molecule has 1 aromatic rings. The second-order valence-electron chi connectivity index (χ2n) is 4.09. The van der Waals surface area contributed by atoms with Gasteiger partial charge in [0.15, 0.2) is 0 Å². The predicted octanol–water partition coefficient (Wildman–Crippen LogP) is 3.16. The molecule has 1 N–H and O–H groups in total. The molecule has 0 radical (unpaired) electrons. The largest absolute Gasteiger partial charge is 0.326 e. The molecule has 0 fully saturated rings. The maximum atomic E-state index is 11.5. The lowest BCUT2D eigenvalue weighted by Crippen LogP contribution is -2.16. The normalized spacial score (nSPS) is 9.94. The molecule has 0 aliphatic heterocycles. The molecule has 0 spiro atoms. The number of rotatable bonds is 7. The summed E-state index contributed by atoms with van der Waals surface area (Å²) >= 11 is 0. The number of amides is 1. The minimum absolute atomic E-state index is 0.0153. The summed E-state index contributed by atoms with van der Waals surface area (Å²) < 4.78 is 0. The van der Waals surface area contributed by atoms with Crippen molar-refractivity contribution in [3.05, 3.63) is 30.3 Å². The van der Waals surface area contributed by atoms with Crippen molar-refractivity contribution >= 4 is 17.4 Å². The zero-order valence-corrected chi connectivity index (χ0v) is 10.2. The fourth-order valence-corrected chi connectivity index (χ4v) is 1.57. The summed E-state index contributed by atoms with van der Waals surface area (Å²) in [6.45, 7) is 2.09. The number of benzene rings is 1. The minimum atomic E-state index is -0.224. The lowest BCUT2D eigenvalue weighted by atomic mass is 10.1. The van der Waals surface area contributed by atoms with Gasteiger partial charge in [0.25, 0.3) is 0 Å². The van der Waals surface area contributed by atoms with Crippen LogP contribution in [0.3, 0.4) is 0 Å². The molecule has 0 heterocycles. The lowest BCUT2D eigenvalue weighted by Gasteiger charge is -2.04. The van der Waals surface area contributed by atoms with E-state index in [-0.39, 0.29) is 18.1 Å². The summed E-state index contributed by atoms with van der Waals surface area (Å²) in [7, 11) is 0. The zero-order valence-electron chi connectivity index (χ0n) is 10.2. The summed E-state index contributed by atoms with van der Waals surface area (Å²) in [6.07, 6.45) is 3.51. The molecule has 17 heavy (non-hydrogen) atoms. The van der Waals surface area contributed by atoms with E-state index in [4.69, 9.17) is 0 Å². The van der Waals surface area contributed by atoms with Gasteiger partial charge in [-0.25, -0.2) is 0 Å². The first-order valence-corrected chi connectivity index (χ1v) is 6.09. The van der Waals surface area contributed by atoms with E-state index in [1.54, 1.807) is 12.1 Å². The van der Waals surface area contributed by atoms with Crippen LogP contribution < -0.4 is 5.32 Å². The SMILES string of the molecule is CCCCCC(=O)CC(=O)Nc1ccccc1. The molecule has 0 aromatic heterocycles. The molecular formula is C14H19NO2. The molecule has 0 bridgehead atoms. The van der Waals surface area contributed by atoms with Crippen LogP contribution in [0.4, 0.5) is 5.69 Å². The first-order chi connectivity index (χ1) is 8.22. The average molecular weight is 233 g/mol. The van der Waals surface area contributed by atoms with E-state index in [1.165, 1.54) is 0 Å². The predicted molar refractivity (Wildman–Crippen MR) is 68.8 cm³/mol. The van der Waals surface area contributed by atoms with Gasteiger partial charge in [0, 0.05) is 12.1 Å². The molecule has 0 aliphatic carbocycles. The third-order valence-electron chi connectivity index (χ3n) is 2.47. The number of Topliss-reactive ketones (excluding diaryl/α,β-unsaturated/α-hetero) is 1. The third kappa shape index (κ3) is 5.85. The van der Waals surface area contributed by atoms with Crippen molar-refractivity contribution in [2.45, 2.75) is 39.0 Å². The van der Waals surface area contributed by atoms with E-state index in [2.05, 4.69) is 12.2 Å². The monoisotopic (exact) mass is 233 g/mol. The van der Waals surface area contributed by atoms with Gasteiger partial charge < -0.3 is 5.32 Å². The smallest absolute Gasteiger partial charge is 0.231 e. The maximum Gasteiger partial charge on any atom is 0.231 e. The second kappa shape index (κ2) is 7.60. The van der Waals surface area contributed by atoms with Gasteiger partial charge in [0.2, 0.25) is 5.91 Å².